The molecule has 0 heterocycles. The van der Waals surface area contributed by atoms with E-state index < -0.39 is 26.4 Å². The van der Waals surface area contributed by atoms with Crippen molar-refractivity contribution in [2.24, 2.45) is 0 Å². The van der Waals surface area contributed by atoms with Crippen molar-refractivity contribution < 1.29 is 22.4 Å². The summed E-state index contributed by atoms with van der Waals surface area (Å²) in [5.41, 5.74) is 0.859. The lowest BCUT2D eigenvalue weighted by Gasteiger charge is -2.30. The average molecular weight is 410 g/mol. The maximum absolute atomic E-state index is 12.9. The first-order valence-corrected chi connectivity index (χ1v) is 12.6. The van der Waals surface area contributed by atoms with Crippen LogP contribution >= 0.6 is 11.6 Å². The van der Waals surface area contributed by atoms with Gasteiger partial charge in [0.2, 0.25) is 8.32 Å². The van der Waals surface area contributed by atoms with Crippen molar-refractivity contribution in [3.63, 3.8) is 0 Å². The number of halogens is 4. The average Bonchev–Trinajstić information content (AvgIpc) is 2.50. The Morgan fingerprint density at radius 1 is 1.19 bits per heavy atom. The molecule has 1 unspecified atom stereocenters. The van der Waals surface area contributed by atoms with Crippen LogP contribution in [0.1, 0.15) is 25.3 Å². The van der Waals surface area contributed by atoms with E-state index in [0.29, 0.717) is 25.1 Å². The van der Waals surface area contributed by atoms with Crippen LogP contribution < -0.4 is 4.43 Å². The maximum atomic E-state index is 12.9. The third kappa shape index (κ3) is 7.99. The van der Waals surface area contributed by atoms with Crippen LogP contribution in [0.15, 0.2) is 24.3 Å². The molecule has 0 bridgehead atoms. The monoisotopic (exact) mass is 409 g/mol. The van der Waals surface area contributed by atoms with Crippen LogP contribution in [0.4, 0.5) is 13.2 Å². The van der Waals surface area contributed by atoms with Gasteiger partial charge in [-0.05, 0) is 63.5 Å². The van der Waals surface area contributed by atoms with Crippen LogP contribution in [0, 0.1) is 0 Å². The molecule has 1 atom stereocenters. The molecule has 0 saturated heterocycles. The van der Waals surface area contributed by atoms with Crippen molar-refractivity contribution in [3.05, 3.63) is 29.8 Å². The van der Waals surface area contributed by atoms with E-state index in [1.54, 1.807) is 6.92 Å². The minimum absolute atomic E-state index is 0.0447. The van der Waals surface area contributed by atoms with Crippen molar-refractivity contribution in [1.82, 2.24) is 4.90 Å². The van der Waals surface area contributed by atoms with Crippen LogP contribution in [0.3, 0.4) is 0 Å². The fraction of sp³-hybridized carbons (Fsp3) is 0.611. The number of benzene rings is 1. The van der Waals surface area contributed by atoms with Crippen LogP contribution in [-0.2, 0) is 11.2 Å². The summed E-state index contributed by atoms with van der Waals surface area (Å²) >= 11 is 5.59. The molecule has 26 heavy (non-hydrogen) atoms. The van der Waals surface area contributed by atoms with Gasteiger partial charge in [0, 0.05) is 18.5 Å². The second kappa shape index (κ2) is 9.64. The maximum Gasteiger partial charge on any atom is 0.471 e. The quantitative estimate of drug-likeness (QED) is 0.317. The highest BCUT2D eigenvalue weighted by atomic mass is 35.5. The Morgan fingerprint density at radius 2 is 1.77 bits per heavy atom. The Labute approximate surface area is 159 Å². The molecule has 1 aromatic carbocycles. The van der Waals surface area contributed by atoms with E-state index in [0.717, 1.165) is 16.2 Å². The molecule has 0 spiro atoms. The van der Waals surface area contributed by atoms with Crippen molar-refractivity contribution in [1.29, 1.82) is 0 Å². The zero-order valence-electron chi connectivity index (χ0n) is 15.7. The molecular formula is C18H27ClF3NO2Si. The topological polar surface area (TPSA) is 29.5 Å². The third-order valence-electron chi connectivity index (χ3n) is 3.70. The van der Waals surface area contributed by atoms with Gasteiger partial charge in [0.25, 0.3) is 0 Å². The lowest BCUT2D eigenvalue weighted by molar-refractivity contribution is -0.187. The summed E-state index contributed by atoms with van der Waals surface area (Å²) in [6, 6.07) is 6.75. The fourth-order valence-corrected chi connectivity index (χ4v) is 3.59. The molecule has 0 aromatic heterocycles. The van der Waals surface area contributed by atoms with E-state index in [1.165, 1.54) is 0 Å². The number of carbonyl (C=O) groups is 1. The molecule has 0 aliphatic rings. The summed E-state index contributed by atoms with van der Waals surface area (Å²) in [6.45, 7) is 7.90. The van der Waals surface area contributed by atoms with Gasteiger partial charge in [-0.2, -0.15) is 13.2 Å². The largest absolute Gasteiger partial charge is 0.544 e. The Bertz CT molecular complexity index is 573. The number of amides is 1. The molecule has 1 amide bonds. The van der Waals surface area contributed by atoms with E-state index in [-0.39, 0.29) is 6.54 Å². The van der Waals surface area contributed by atoms with Gasteiger partial charge in [0.15, 0.2) is 0 Å². The second-order valence-corrected chi connectivity index (χ2v) is 12.1. The van der Waals surface area contributed by atoms with E-state index in [9.17, 15) is 18.0 Å². The fourth-order valence-electron chi connectivity index (χ4n) is 2.56. The molecule has 0 radical (unpaired) electrons. The number of rotatable bonds is 9. The van der Waals surface area contributed by atoms with Crippen molar-refractivity contribution in [2.75, 3.05) is 12.4 Å². The summed E-state index contributed by atoms with van der Waals surface area (Å²) < 4.78 is 44.5. The van der Waals surface area contributed by atoms with Gasteiger partial charge < -0.3 is 9.33 Å². The van der Waals surface area contributed by atoms with Crippen LogP contribution in [-0.4, -0.2) is 43.8 Å². The van der Waals surface area contributed by atoms with E-state index in [4.69, 9.17) is 16.0 Å². The van der Waals surface area contributed by atoms with E-state index >= 15 is 0 Å². The lowest BCUT2D eigenvalue weighted by Crippen LogP contribution is -2.47. The van der Waals surface area contributed by atoms with Gasteiger partial charge in [-0.1, -0.05) is 12.1 Å². The Morgan fingerprint density at radius 3 is 2.23 bits per heavy atom. The minimum Gasteiger partial charge on any atom is -0.544 e. The first-order chi connectivity index (χ1) is 11.9. The molecule has 148 valence electrons. The van der Waals surface area contributed by atoms with Crippen LogP contribution in [0.2, 0.25) is 19.6 Å². The summed E-state index contributed by atoms with van der Waals surface area (Å²) in [4.78, 5) is 12.7. The first-order valence-electron chi connectivity index (χ1n) is 8.66. The molecule has 0 saturated carbocycles. The molecule has 1 aromatic rings. The van der Waals surface area contributed by atoms with Gasteiger partial charge in [-0.15, -0.1) is 11.6 Å². The predicted octanol–water partition coefficient (Wildman–Crippen LogP) is 5.24. The number of unbranched alkanes of at least 4 members (excludes halogenated alkanes) is 1. The highest BCUT2D eigenvalue weighted by molar-refractivity contribution is 6.70. The SMILES string of the molecule is CC(Cc1ccc(O[Si](C)(C)C)cc1)N(CCCCCl)C(=O)C(F)(F)F. The zero-order valence-corrected chi connectivity index (χ0v) is 17.5. The molecule has 0 aliphatic carbocycles. The Balaban J connectivity index is 2.81. The first kappa shape index (κ1) is 22.8. The zero-order chi connectivity index (χ0) is 20.0. The van der Waals surface area contributed by atoms with Crippen molar-refractivity contribution >= 4 is 25.8 Å². The number of carbonyl (C=O) groups excluding carboxylic acids is 1. The van der Waals surface area contributed by atoms with Gasteiger partial charge >= 0.3 is 12.1 Å². The highest BCUT2D eigenvalue weighted by Crippen LogP contribution is 2.23. The summed E-state index contributed by atoms with van der Waals surface area (Å²) in [7, 11) is -1.71. The third-order valence-corrected chi connectivity index (χ3v) is 4.81. The Hall–Kier alpha value is -1.21. The predicted molar refractivity (Wildman–Crippen MR) is 101 cm³/mol. The van der Waals surface area contributed by atoms with Gasteiger partial charge in [-0.3, -0.25) is 4.79 Å². The van der Waals surface area contributed by atoms with Crippen LogP contribution in [0.25, 0.3) is 0 Å². The summed E-state index contributed by atoms with van der Waals surface area (Å²) in [5, 5.41) is 0. The van der Waals surface area contributed by atoms with E-state index in [2.05, 4.69) is 19.6 Å². The van der Waals surface area contributed by atoms with Crippen LogP contribution in [0.5, 0.6) is 5.75 Å². The Kier molecular flexibility index (Phi) is 8.47. The second-order valence-electron chi connectivity index (χ2n) is 7.30. The number of alkyl halides is 4. The molecule has 0 aliphatic heterocycles. The molecule has 0 fully saturated rings. The lowest BCUT2D eigenvalue weighted by atomic mass is 10.1. The molecule has 8 heteroatoms. The summed E-state index contributed by atoms with van der Waals surface area (Å²) in [6.07, 6.45) is -3.52. The molecular weight excluding hydrogens is 383 g/mol. The highest BCUT2D eigenvalue weighted by Gasteiger charge is 2.43. The van der Waals surface area contributed by atoms with Crippen molar-refractivity contribution in [2.45, 2.75) is 58.0 Å². The number of hydrogen-bond acceptors (Lipinski definition) is 2. The summed E-state index contributed by atoms with van der Waals surface area (Å²) in [5.74, 6) is -0.676. The normalized spacial score (nSPS) is 13.4. The van der Waals surface area contributed by atoms with E-state index in [1.807, 2.05) is 24.3 Å². The molecule has 0 N–H and O–H groups in total. The standard InChI is InChI=1S/C18H27ClF3NO2Si/c1-14(23(12-6-5-11-19)17(24)18(20,21)22)13-15-7-9-16(10-8-15)25-26(2,3)4/h7-10,14H,5-6,11-13H2,1-4H3. The number of nitrogens with zero attached hydrogens (tertiary/aromatic N) is 1. The number of hydrogen-bond donors (Lipinski definition) is 0. The van der Waals surface area contributed by atoms with Gasteiger partial charge in [-0.25, -0.2) is 0 Å². The smallest absolute Gasteiger partial charge is 0.471 e. The minimum atomic E-state index is -4.87. The van der Waals surface area contributed by atoms with Gasteiger partial charge in [0.1, 0.15) is 5.75 Å². The van der Waals surface area contributed by atoms with Crippen molar-refractivity contribution in [3.8, 4) is 5.75 Å². The molecule has 3 nitrogen and oxygen atoms in total. The van der Waals surface area contributed by atoms with Gasteiger partial charge in [0.05, 0.1) is 0 Å². The molecule has 1 rings (SSSR count).